The first-order chi connectivity index (χ1) is 11.4. The molecule has 5 rings (SSSR count). The molecule has 5 aromatic rings. The van der Waals surface area contributed by atoms with Crippen molar-refractivity contribution in [1.29, 1.82) is 0 Å². The third-order valence-corrected chi connectivity index (χ3v) is 5.09. The molecule has 0 spiro atoms. The number of rotatable bonds is 1. The fraction of sp³-hybridized carbons (Fsp3) is 0. The van der Waals surface area contributed by atoms with E-state index in [-0.39, 0.29) is 0 Å². The minimum atomic E-state index is 0.960. The van der Waals surface area contributed by atoms with Gasteiger partial charge in [-0.2, -0.15) is 0 Å². The zero-order valence-corrected chi connectivity index (χ0v) is 12.9. The Hall–Kier alpha value is -2.85. The molecular formula is C19H11N3S. The summed E-state index contributed by atoms with van der Waals surface area (Å²) in [5.74, 6) is 0. The maximum Gasteiger partial charge on any atom is 0.126 e. The Morgan fingerprint density at radius 3 is 2.65 bits per heavy atom. The van der Waals surface area contributed by atoms with Crippen molar-refractivity contribution in [2.45, 2.75) is 0 Å². The first kappa shape index (κ1) is 12.7. The highest BCUT2D eigenvalue weighted by molar-refractivity contribution is 7.25. The predicted octanol–water partition coefficient (Wildman–Crippen LogP) is 5.06. The van der Waals surface area contributed by atoms with Crippen LogP contribution in [0, 0.1) is 0 Å². The molecule has 0 saturated carbocycles. The van der Waals surface area contributed by atoms with Gasteiger partial charge in [0.05, 0.1) is 15.9 Å². The van der Waals surface area contributed by atoms with E-state index in [1.54, 1.807) is 11.3 Å². The van der Waals surface area contributed by atoms with Crippen molar-refractivity contribution in [2.75, 3.05) is 0 Å². The average molecular weight is 313 g/mol. The number of hydrogen-bond donors (Lipinski definition) is 0. The van der Waals surface area contributed by atoms with Crippen LogP contribution in [-0.2, 0) is 0 Å². The van der Waals surface area contributed by atoms with E-state index in [4.69, 9.17) is 0 Å². The third kappa shape index (κ3) is 1.92. The lowest BCUT2D eigenvalue weighted by Gasteiger charge is -2.05. The summed E-state index contributed by atoms with van der Waals surface area (Å²) in [6.45, 7) is 0. The minimum absolute atomic E-state index is 0.960. The monoisotopic (exact) mass is 313 g/mol. The summed E-state index contributed by atoms with van der Waals surface area (Å²) in [6.07, 6.45) is 5.61. The third-order valence-electron chi connectivity index (χ3n) is 4.04. The topological polar surface area (TPSA) is 38.7 Å². The molecule has 4 heterocycles. The lowest BCUT2D eigenvalue weighted by molar-refractivity contribution is 1.35. The molecule has 1 aromatic carbocycles. The number of aromatic nitrogens is 3. The second kappa shape index (κ2) is 4.83. The van der Waals surface area contributed by atoms with Gasteiger partial charge in [0.25, 0.3) is 0 Å². The van der Waals surface area contributed by atoms with E-state index in [1.165, 1.54) is 5.39 Å². The Balaban J connectivity index is 1.87. The zero-order valence-electron chi connectivity index (χ0n) is 12.1. The molecule has 4 heteroatoms. The van der Waals surface area contributed by atoms with Crippen LogP contribution in [0.3, 0.4) is 0 Å². The van der Waals surface area contributed by atoms with Crippen molar-refractivity contribution in [1.82, 2.24) is 15.0 Å². The smallest absolute Gasteiger partial charge is 0.126 e. The molecule has 0 unspecified atom stereocenters. The van der Waals surface area contributed by atoms with E-state index in [0.29, 0.717) is 0 Å². The van der Waals surface area contributed by atoms with Gasteiger partial charge in [0.1, 0.15) is 4.83 Å². The Labute approximate surface area is 136 Å². The van der Waals surface area contributed by atoms with E-state index >= 15 is 0 Å². The normalized spacial score (nSPS) is 11.5. The maximum absolute atomic E-state index is 4.66. The van der Waals surface area contributed by atoms with E-state index < -0.39 is 0 Å². The molecule has 4 aromatic heterocycles. The van der Waals surface area contributed by atoms with Crippen LogP contribution in [-0.4, -0.2) is 15.0 Å². The summed E-state index contributed by atoms with van der Waals surface area (Å²) in [5, 5.41) is 3.43. The highest BCUT2D eigenvalue weighted by Crippen LogP contribution is 2.37. The molecule has 0 radical (unpaired) electrons. The molecule has 0 amide bonds. The van der Waals surface area contributed by atoms with E-state index in [2.05, 4.69) is 45.3 Å². The van der Waals surface area contributed by atoms with Gasteiger partial charge in [0.15, 0.2) is 0 Å². The second-order valence-corrected chi connectivity index (χ2v) is 6.44. The molecule has 0 N–H and O–H groups in total. The van der Waals surface area contributed by atoms with Crippen LogP contribution in [0.25, 0.3) is 42.5 Å². The molecule has 23 heavy (non-hydrogen) atoms. The predicted molar refractivity (Wildman–Crippen MR) is 95.7 cm³/mol. The van der Waals surface area contributed by atoms with Crippen LogP contribution in [0.1, 0.15) is 0 Å². The molecule has 3 nitrogen and oxygen atoms in total. The number of pyridine rings is 3. The van der Waals surface area contributed by atoms with Crippen molar-refractivity contribution < 1.29 is 0 Å². The summed E-state index contributed by atoms with van der Waals surface area (Å²) in [7, 11) is 0. The summed E-state index contributed by atoms with van der Waals surface area (Å²) < 4.78 is 1.16. The highest BCUT2D eigenvalue weighted by Gasteiger charge is 2.13. The molecule has 0 aliphatic carbocycles. The lowest BCUT2D eigenvalue weighted by atomic mass is 10.1. The van der Waals surface area contributed by atoms with Crippen molar-refractivity contribution in [2.24, 2.45) is 0 Å². The van der Waals surface area contributed by atoms with Gasteiger partial charge in [0, 0.05) is 34.9 Å². The van der Waals surface area contributed by atoms with Crippen molar-refractivity contribution in [3.8, 4) is 11.3 Å². The second-order valence-electron chi connectivity index (χ2n) is 5.41. The summed E-state index contributed by atoms with van der Waals surface area (Å²) in [4.78, 5) is 14.7. The SMILES string of the molecule is c1ccc2cc(-c3ccnc4sc5cccnc5c34)ncc2c1. The summed E-state index contributed by atoms with van der Waals surface area (Å²) >= 11 is 1.67. The number of thiophene rings is 1. The number of benzene rings is 1. The van der Waals surface area contributed by atoms with Crippen molar-refractivity contribution in [3.05, 3.63) is 67.1 Å². The molecule has 108 valence electrons. The van der Waals surface area contributed by atoms with Gasteiger partial charge in [-0.05, 0) is 29.7 Å². The largest absolute Gasteiger partial charge is 0.256 e. The van der Waals surface area contributed by atoms with Crippen LogP contribution in [0.2, 0.25) is 0 Å². The van der Waals surface area contributed by atoms with Crippen LogP contribution in [0.15, 0.2) is 67.1 Å². The van der Waals surface area contributed by atoms with Crippen molar-refractivity contribution in [3.63, 3.8) is 0 Å². The lowest BCUT2D eigenvalue weighted by Crippen LogP contribution is -1.86. The van der Waals surface area contributed by atoms with Crippen LogP contribution in [0.4, 0.5) is 0 Å². The molecule has 0 aliphatic heterocycles. The zero-order chi connectivity index (χ0) is 15.2. The maximum atomic E-state index is 4.66. The Morgan fingerprint density at radius 2 is 1.70 bits per heavy atom. The van der Waals surface area contributed by atoms with Crippen LogP contribution in [0.5, 0.6) is 0 Å². The Bertz CT molecular complexity index is 1180. The molecule has 0 atom stereocenters. The Morgan fingerprint density at radius 1 is 0.783 bits per heavy atom. The van der Waals surface area contributed by atoms with Gasteiger partial charge < -0.3 is 0 Å². The fourth-order valence-corrected chi connectivity index (χ4v) is 3.99. The molecule has 0 bridgehead atoms. The molecule has 0 aliphatic rings. The van der Waals surface area contributed by atoms with Crippen LogP contribution >= 0.6 is 11.3 Å². The molecular weight excluding hydrogens is 302 g/mol. The standard InChI is InChI=1S/C19H11N3S/c1-2-5-13-11-22-15(10-12(13)4-1)14-7-9-21-19-17(14)18-16(23-19)6-3-8-20-18/h1-11H. The highest BCUT2D eigenvalue weighted by atomic mass is 32.1. The van der Waals surface area contributed by atoms with E-state index in [0.717, 1.165) is 37.1 Å². The molecule has 0 fully saturated rings. The number of fused-ring (bicyclic) bond motifs is 4. The number of nitrogens with zero attached hydrogens (tertiary/aromatic N) is 3. The van der Waals surface area contributed by atoms with E-state index in [1.807, 2.05) is 36.8 Å². The van der Waals surface area contributed by atoms with Gasteiger partial charge in [-0.1, -0.05) is 24.3 Å². The average Bonchev–Trinajstić information content (AvgIpc) is 3.00. The van der Waals surface area contributed by atoms with Crippen molar-refractivity contribution >= 4 is 42.5 Å². The summed E-state index contributed by atoms with van der Waals surface area (Å²) in [6, 6.07) is 16.5. The van der Waals surface area contributed by atoms with Crippen LogP contribution < -0.4 is 0 Å². The van der Waals surface area contributed by atoms with E-state index in [9.17, 15) is 0 Å². The van der Waals surface area contributed by atoms with Gasteiger partial charge in [-0.15, -0.1) is 11.3 Å². The first-order valence-corrected chi connectivity index (χ1v) is 8.19. The van der Waals surface area contributed by atoms with Gasteiger partial charge in [-0.3, -0.25) is 9.97 Å². The number of hydrogen-bond acceptors (Lipinski definition) is 4. The molecule has 0 saturated heterocycles. The minimum Gasteiger partial charge on any atom is -0.256 e. The Kier molecular flexibility index (Phi) is 2.66. The van der Waals surface area contributed by atoms with Gasteiger partial charge >= 0.3 is 0 Å². The summed E-state index contributed by atoms with van der Waals surface area (Å²) in [5.41, 5.74) is 3.05. The van der Waals surface area contributed by atoms with Gasteiger partial charge in [-0.25, -0.2) is 4.98 Å². The quantitative estimate of drug-likeness (QED) is 0.434. The van der Waals surface area contributed by atoms with Gasteiger partial charge in [0.2, 0.25) is 0 Å². The fourth-order valence-electron chi connectivity index (χ4n) is 2.96. The first-order valence-electron chi connectivity index (χ1n) is 7.37.